The van der Waals surface area contributed by atoms with Crippen molar-refractivity contribution in [3.63, 3.8) is 0 Å². The van der Waals surface area contributed by atoms with E-state index in [0.29, 0.717) is 43.1 Å². The molecule has 0 radical (unpaired) electrons. The molecule has 0 bridgehead atoms. The van der Waals surface area contributed by atoms with Gasteiger partial charge in [0, 0.05) is 37.8 Å². The SMILES string of the molecule is C=CCn1cc(C(=O)NCCc2ccc(OC)c(OC)c2)c(=O)c2cc(S(=O)(=O)N3CCCCCC3)ccc21. The summed E-state index contributed by atoms with van der Waals surface area (Å²) in [6, 6.07) is 10.1. The van der Waals surface area contributed by atoms with Crippen molar-refractivity contribution < 1.29 is 22.7 Å². The lowest BCUT2D eigenvalue weighted by Gasteiger charge is -2.20. The number of rotatable bonds is 10. The second-order valence-corrected chi connectivity index (χ2v) is 11.4. The molecule has 4 rings (SSSR count). The first-order valence-electron chi connectivity index (χ1n) is 13.1. The average molecular weight is 554 g/mol. The van der Waals surface area contributed by atoms with E-state index >= 15 is 0 Å². The van der Waals surface area contributed by atoms with Crippen LogP contribution in [0.25, 0.3) is 10.9 Å². The van der Waals surface area contributed by atoms with E-state index in [0.717, 1.165) is 31.2 Å². The van der Waals surface area contributed by atoms with Crippen molar-refractivity contribution in [2.24, 2.45) is 0 Å². The van der Waals surface area contributed by atoms with Crippen LogP contribution in [0.2, 0.25) is 0 Å². The Kier molecular flexibility index (Phi) is 9.08. The maximum Gasteiger partial charge on any atom is 0.256 e. The number of pyridine rings is 1. The van der Waals surface area contributed by atoms with Gasteiger partial charge in [-0.1, -0.05) is 25.0 Å². The number of nitrogens with zero attached hydrogens (tertiary/aromatic N) is 2. The molecule has 1 fully saturated rings. The Morgan fingerprint density at radius 1 is 1.03 bits per heavy atom. The summed E-state index contributed by atoms with van der Waals surface area (Å²) in [5, 5.41) is 3.00. The number of aromatic nitrogens is 1. The minimum absolute atomic E-state index is 0.0546. The van der Waals surface area contributed by atoms with Gasteiger partial charge in [0.1, 0.15) is 5.56 Å². The summed E-state index contributed by atoms with van der Waals surface area (Å²) in [5.41, 5.74) is 0.901. The molecule has 208 valence electrons. The Morgan fingerprint density at radius 2 is 1.74 bits per heavy atom. The number of nitrogens with one attached hydrogen (secondary N) is 1. The second kappa shape index (κ2) is 12.5. The van der Waals surface area contributed by atoms with Crippen LogP contribution < -0.4 is 20.2 Å². The summed E-state index contributed by atoms with van der Waals surface area (Å²) < 4.78 is 40.6. The molecule has 1 amide bonds. The monoisotopic (exact) mass is 553 g/mol. The molecule has 2 aromatic carbocycles. The average Bonchev–Trinajstić information content (AvgIpc) is 3.24. The van der Waals surface area contributed by atoms with Gasteiger partial charge in [-0.25, -0.2) is 8.42 Å². The molecular formula is C29H35N3O6S. The van der Waals surface area contributed by atoms with E-state index in [4.69, 9.17) is 9.47 Å². The summed E-state index contributed by atoms with van der Waals surface area (Å²) in [7, 11) is -0.641. The lowest BCUT2D eigenvalue weighted by Crippen LogP contribution is -2.32. The van der Waals surface area contributed by atoms with E-state index in [1.165, 1.54) is 22.6 Å². The van der Waals surface area contributed by atoms with Crippen molar-refractivity contribution >= 4 is 26.8 Å². The minimum Gasteiger partial charge on any atom is -0.493 e. The van der Waals surface area contributed by atoms with Crippen LogP contribution in [0.15, 0.2) is 64.9 Å². The van der Waals surface area contributed by atoms with Gasteiger partial charge in [0.15, 0.2) is 11.5 Å². The number of allylic oxidation sites excluding steroid dienone is 1. The molecule has 1 N–H and O–H groups in total. The molecule has 1 aliphatic rings. The van der Waals surface area contributed by atoms with Gasteiger partial charge < -0.3 is 19.4 Å². The molecule has 1 aromatic heterocycles. The normalized spacial score (nSPS) is 14.5. The third-order valence-corrected chi connectivity index (χ3v) is 8.87. The number of carbonyl (C=O) groups excluding carboxylic acids is 1. The van der Waals surface area contributed by atoms with E-state index in [9.17, 15) is 18.0 Å². The fourth-order valence-electron chi connectivity index (χ4n) is 4.87. The number of methoxy groups -OCH3 is 2. The summed E-state index contributed by atoms with van der Waals surface area (Å²) in [6.07, 6.45) is 7.30. The number of benzene rings is 2. The first kappa shape index (κ1) is 28.4. The lowest BCUT2D eigenvalue weighted by molar-refractivity contribution is 0.0952. The van der Waals surface area contributed by atoms with Crippen LogP contribution in [0.4, 0.5) is 0 Å². The van der Waals surface area contributed by atoms with Crippen LogP contribution in [-0.2, 0) is 23.0 Å². The molecule has 1 saturated heterocycles. The number of ether oxygens (including phenoxy) is 2. The first-order valence-corrected chi connectivity index (χ1v) is 14.5. The molecule has 3 aromatic rings. The first-order chi connectivity index (χ1) is 18.8. The molecular weight excluding hydrogens is 518 g/mol. The molecule has 0 unspecified atom stereocenters. The molecule has 0 aliphatic carbocycles. The van der Waals surface area contributed by atoms with Gasteiger partial charge >= 0.3 is 0 Å². The van der Waals surface area contributed by atoms with Gasteiger partial charge in [0.2, 0.25) is 15.5 Å². The van der Waals surface area contributed by atoms with E-state index in [1.54, 1.807) is 37.0 Å². The zero-order chi connectivity index (χ0) is 28.0. The van der Waals surface area contributed by atoms with Gasteiger partial charge in [-0.05, 0) is 55.2 Å². The number of hydrogen-bond donors (Lipinski definition) is 1. The Balaban J connectivity index is 1.62. The Labute approximate surface area is 229 Å². The predicted octanol–water partition coefficient (Wildman–Crippen LogP) is 3.74. The number of sulfonamides is 1. The molecule has 2 heterocycles. The van der Waals surface area contributed by atoms with Crippen LogP contribution in [0.3, 0.4) is 0 Å². The summed E-state index contributed by atoms with van der Waals surface area (Å²) >= 11 is 0. The van der Waals surface area contributed by atoms with Crippen molar-refractivity contribution in [3.8, 4) is 11.5 Å². The third kappa shape index (κ3) is 6.17. The standard InChI is InChI=1S/C29H35N3O6S/c1-4-15-31-20-24(29(34)30-14-13-21-9-12-26(37-2)27(18-21)38-3)28(33)23-19-22(10-11-25(23)31)39(35,36)32-16-7-5-6-8-17-32/h4,9-12,18-20H,1,5-8,13-17H2,2-3H3,(H,30,34). The molecule has 9 nitrogen and oxygen atoms in total. The Bertz CT molecular complexity index is 1520. The smallest absolute Gasteiger partial charge is 0.256 e. The van der Waals surface area contributed by atoms with Gasteiger partial charge in [-0.15, -0.1) is 6.58 Å². The summed E-state index contributed by atoms with van der Waals surface area (Å²) in [6.45, 7) is 5.34. The number of carbonyl (C=O) groups is 1. The Hall–Kier alpha value is -3.63. The maximum atomic E-state index is 13.5. The predicted molar refractivity (Wildman–Crippen MR) is 151 cm³/mol. The highest BCUT2D eigenvalue weighted by Crippen LogP contribution is 2.28. The van der Waals surface area contributed by atoms with Gasteiger partial charge in [-0.3, -0.25) is 9.59 Å². The number of fused-ring (bicyclic) bond motifs is 1. The summed E-state index contributed by atoms with van der Waals surface area (Å²) in [4.78, 5) is 26.7. The van der Waals surface area contributed by atoms with Gasteiger partial charge in [-0.2, -0.15) is 4.31 Å². The molecule has 1 aliphatic heterocycles. The molecule has 39 heavy (non-hydrogen) atoms. The molecule has 0 saturated carbocycles. The number of amides is 1. The topological polar surface area (TPSA) is 107 Å². The fraction of sp³-hybridized carbons (Fsp3) is 0.379. The zero-order valence-corrected chi connectivity index (χ0v) is 23.3. The second-order valence-electron chi connectivity index (χ2n) is 9.51. The van der Waals surface area contributed by atoms with Crippen LogP contribution in [0.1, 0.15) is 41.6 Å². The molecule has 0 atom stereocenters. The van der Waals surface area contributed by atoms with E-state index in [2.05, 4.69) is 11.9 Å². The van der Waals surface area contributed by atoms with Crippen molar-refractivity contribution in [2.45, 2.75) is 43.5 Å². The largest absolute Gasteiger partial charge is 0.493 e. The van der Waals surface area contributed by atoms with Crippen LogP contribution in [0, 0.1) is 0 Å². The fourth-order valence-corrected chi connectivity index (χ4v) is 6.42. The molecule has 0 spiro atoms. The zero-order valence-electron chi connectivity index (χ0n) is 22.4. The van der Waals surface area contributed by atoms with E-state index in [-0.39, 0.29) is 22.4 Å². The highest BCUT2D eigenvalue weighted by molar-refractivity contribution is 7.89. The van der Waals surface area contributed by atoms with Crippen LogP contribution >= 0.6 is 0 Å². The minimum atomic E-state index is -3.76. The number of hydrogen-bond acceptors (Lipinski definition) is 6. The van der Waals surface area contributed by atoms with Crippen molar-refractivity contribution in [1.29, 1.82) is 0 Å². The van der Waals surface area contributed by atoms with Crippen molar-refractivity contribution in [3.05, 3.63) is 76.6 Å². The molecule has 10 heteroatoms. The quantitative estimate of drug-likeness (QED) is 0.384. The lowest BCUT2D eigenvalue weighted by atomic mass is 10.1. The van der Waals surface area contributed by atoms with E-state index in [1.807, 2.05) is 12.1 Å². The highest BCUT2D eigenvalue weighted by atomic mass is 32.2. The van der Waals surface area contributed by atoms with Gasteiger partial charge in [0.05, 0.1) is 24.6 Å². The van der Waals surface area contributed by atoms with E-state index < -0.39 is 21.4 Å². The van der Waals surface area contributed by atoms with Gasteiger partial charge in [0.25, 0.3) is 5.91 Å². The van der Waals surface area contributed by atoms with Crippen LogP contribution in [0.5, 0.6) is 11.5 Å². The highest BCUT2D eigenvalue weighted by Gasteiger charge is 2.26. The maximum absolute atomic E-state index is 13.5. The third-order valence-electron chi connectivity index (χ3n) is 6.97. The summed E-state index contributed by atoms with van der Waals surface area (Å²) in [5.74, 6) is 0.677. The van der Waals surface area contributed by atoms with Crippen LogP contribution in [-0.4, -0.2) is 57.1 Å². The Morgan fingerprint density at radius 3 is 2.41 bits per heavy atom. The van der Waals surface area contributed by atoms with Crippen molar-refractivity contribution in [2.75, 3.05) is 33.9 Å². The van der Waals surface area contributed by atoms with Crippen molar-refractivity contribution in [1.82, 2.24) is 14.2 Å².